The van der Waals surface area contributed by atoms with Crippen LogP contribution in [0, 0.1) is 11.8 Å². The van der Waals surface area contributed by atoms with Crippen LogP contribution in [0.1, 0.15) is 25.7 Å². The number of hydrogen-bond donors (Lipinski definition) is 0. The van der Waals surface area contributed by atoms with Gasteiger partial charge in [-0.2, -0.15) is 0 Å². The quantitative estimate of drug-likeness (QED) is 0.615. The van der Waals surface area contributed by atoms with Crippen molar-refractivity contribution in [2.24, 2.45) is 11.8 Å². The molecule has 1 atom stereocenters. The molecule has 0 aromatic heterocycles. The number of halogens is 1. The molecule has 2 aliphatic rings. The predicted octanol–water partition coefficient (Wildman–Crippen LogP) is 4.05. The minimum absolute atomic E-state index is 0.190. The number of carbonyl (C=O) groups excluding carboxylic acids is 2. The lowest BCUT2D eigenvalue weighted by Gasteiger charge is -2.31. The van der Waals surface area contributed by atoms with Crippen LogP contribution in [-0.2, 0) is 9.59 Å². The fourth-order valence-corrected chi connectivity index (χ4v) is 3.70. The van der Waals surface area contributed by atoms with Crippen LogP contribution < -0.4 is 4.74 Å². The average molecular weight is 358 g/mol. The first-order valence-corrected chi connectivity index (χ1v) is 9.19. The molecule has 130 valence electrons. The van der Waals surface area contributed by atoms with Gasteiger partial charge in [-0.15, -0.1) is 0 Å². The Kier molecular flexibility index (Phi) is 4.38. The predicted molar refractivity (Wildman–Crippen MR) is 96.6 cm³/mol. The highest BCUT2D eigenvalue weighted by atomic mass is 35.5. The third-order valence-corrected chi connectivity index (χ3v) is 5.36. The normalized spacial score (nSPS) is 20.5. The number of rotatable bonds is 3. The number of nitrogens with zero attached hydrogens (tertiary/aromatic N) is 1. The van der Waals surface area contributed by atoms with E-state index < -0.39 is 0 Å². The number of esters is 1. The van der Waals surface area contributed by atoms with Crippen LogP contribution in [0.25, 0.3) is 10.8 Å². The Bertz CT molecular complexity index is 831. The van der Waals surface area contributed by atoms with Crippen molar-refractivity contribution >= 4 is 34.2 Å². The third kappa shape index (κ3) is 3.36. The first-order chi connectivity index (χ1) is 12.1. The number of amides is 1. The average Bonchev–Trinajstić information content (AvgIpc) is 3.49. The van der Waals surface area contributed by atoms with Crippen molar-refractivity contribution in [2.75, 3.05) is 13.1 Å². The van der Waals surface area contributed by atoms with E-state index in [9.17, 15) is 9.59 Å². The SMILES string of the molecule is O=C(Oc1ccc(Cl)c2ccccc12)[C@H]1CCCN(C(=O)C2CC2)C1. The second kappa shape index (κ2) is 6.68. The molecule has 0 spiro atoms. The molecule has 0 unspecified atom stereocenters. The number of ether oxygens (including phenoxy) is 1. The van der Waals surface area contributed by atoms with Crippen molar-refractivity contribution in [3.63, 3.8) is 0 Å². The van der Waals surface area contributed by atoms with E-state index >= 15 is 0 Å². The zero-order chi connectivity index (χ0) is 17.4. The summed E-state index contributed by atoms with van der Waals surface area (Å²) in [5.41, 5.74) is 0. The number of piperidine rings is 1. The van der Waals surface area contributed by atoms with Crippen LogP contribution in [-0.4, -0.2) is 29.9 Å². The number of likely N-dealkylation sites (tertiary alicyclic amines) is 1. The molecule has 0 N–H and O–H groups in total. The minimum Gasteiger partial charge on any atom is -0.426 e. The first kappa shape index (κ1) is 16.4. The van der Waals surface area contributed by atoms with E-state index in [1.807, 2.05) is 29.2 Å². The van der Waals surface area contributed by atoms with Crippen LogP contribution in [0.2, 0.25) is 5.02 Å². The van der Waals surface area contributed by atoms with Gasteiger partial charge in [-0.1, -0.05) is 35.9 Å². The molecule has 0 bridgehead atoms. The van der Waals surface area contributed by atoms with Crippen molar-refractivity contribution in [3.8, 4) is 5.75 Å². The topological polar surface area (TPSA) is 46.6 Å². The molecule has 1 saturated carbocycles. The van der Waals surface area contributed by atoms with Gasteiger partial charge in [0.1, 0.15) is 5.75 Å². The van der Waals surface area contributed by atoms with Crippen molar-refractivity contribution in [1.82, 2.24) is 4.90 Å². The second-order valence-corrected chi connectivity index (χ2v) is 7.32. The maximum Gasteiger partial charge on any atom is 0.316 e. The highest BCUT2D eigenvalue weighted by molar-refractivity contribution is 6.35. The van der Waals surface area contributed by atoms with Crippen molar-refractivity contribution in [3.05, 3.63) is 41.4 Å². The zero-order valence-electron chi connectivity index (χ0n) is 13.9. The molecule has 4 rings (SSSR count). The molecule has 4 nitrogen and oxygen atoms in total. The highest BCUT2D eigenvalue weighted by Gasteiger charge is 2.37. The van der Waals surface area contributed by atoms with E-state index in [2.05, 4.69) is 0 Å². The summed E-state index contributed by atoms with van der Waals surface area (Å²) in [4.78, 5) is 26.8. The fraction of sp³-hybridized carbons (Fsp3) is 0.400. The fourth-order valence-electron chi connectivity index (χ4n) is 3.47. The number of carbonyl (C=O) groups is 2. The lowest BCUT2D eigenvalue weighted by Crippen LogP contribution is -2.44. The minimum atomic E-state index is -0.263. The Balaban J connectivity index is 1.50. The molecule has 1 aliphatic heterocycles. The Morgan fingerprint density at radius 2 is 1.76 bits per heavy atom. The van der Waals surface area contributed by atoms with Crippen molar-refractivity contribution in [2.45, 2.75) is 25.7 Å². The molecular formula is C20H20ClNO3. The van der Waals surface area contributed by atoms with Crippen LogP contribution in [0.3, 0.4) is 0 Å². The summed E-state index contributed by atoms with van der Waals surface area (Å²) in [6, 6.07) is 11.1. The zero-order valence-corrected chi connectivity index (χ0v) is 14.7. The molecule has 1 aliphatic carbocycles. The summed E-state index contributed by atoms with van der Waals surface area (Å²) in [5, 5.41) is 2.32. The Morgan fingerprint density at radius 1 is 1.00 bits per heavy atom. The van der Waals surface area contributed by atoms with Crippen molar-refractivity contribution in [1.29, 1.82) is 0 Å². The number of fused-ring (bicyclic) bond motifs is 1. The van der Waals surface area contributed by atoms with E-state index in [0.29, 0.717) is 17.3 Å². The Morgan fingerprint density at radius 3 is 2.52 bits per heavy atom. The van der Waals surface area contributed by atoms with E-state index in [1.54, 1.807) is 12.1 Å². The summed E-state index contributed by atoms with van der Waals surface area (Å²) < 4.78 is 5.69. The maximum absolute atomic E-state index is 12.7. The van der Waals surface area contributed by atoms with Gasteiger partial charge in [0.2, 0.25) is 5.91 Å². The summed E-state index contributed by atoms with van der Waals surface area (Å²) in [6.07, 6.45) is 3.58. The van der Waals surface area contributed by atoms with E-state index in [4.69, 9.17) is 16.3 Å². The van der Waals surface area contributed by atoms with Crippen LogP contribution in [0.5, 0.6) is 5.75 Å². The van der Waals surface area contributed by atoms with Gasteiger partial charge in [-0.25, -0.2) is 0 Å². The molecule has 1 amide bonds. The lowest BCUT2D eigenvalue weighted by atomic mass is 9.97. The molecular weight excluding hydrogens is 338 g/mol. The molecule has 0 radical (unpaired) electrons. The van der Waals surface area contributed by atoms with Crippen LogP contribution >= 0.6 is 11.6 Å². The lowest BCUT2D eigenvalue weighted by molar-refractivity contribution is -0.143. The highest BCUT2D eigenvalue weighted by Crippen LogP contribution is 2.34. The van der Waals surface area contributed by atoms with Gasteiger partial charge in [0.15, 0.2) is 0 Å². The number of hydrogen-bond acceptors (Lipinski definition) is 3. The van der Waals surface area contributed by atoms with Gasteiger partial charge >= 0.3 is 5.97 Å². The molecule has 1 saturated heterocycles. The molecule has 5 heteroatoms. The smallest absolute Gasteiger partial charge is 0.316 e. The monoisotopic (exact) mass is 357 g/mol. The molecule has 2 fully saturated rings. The van der Waals surface area contributed by atoms with Crippen molar-refractivity contribution < 1.29 is 14.3 Å². The summed E-state index contributed by atoms with van der Waals surface area (Å²) in [6.45, 7) is 1.22. The molecule has 25 heavy (non-hydrogen) atoms. The second-order valence-electron chi connectivity index (χ2n) is 6.91. The third-order valence-electron chi connectivity index (χ3n) is 5.03. The molecule has 1 heterocycles. The summed E-state index contributed by atoms with van der Waals surface area (Å²) >= 11 is 6.22. The van der Waals surface area contributed by atoms with Gasteiger partial charge < -0.3 is 9.64 Å². The van der Waals surface area contributed by atoms with Gasteiger partial charge in [0.25, 0.3) is 0 Å². The Hall–Kier alpha value is -2.07. The van der Waals surface area contributed by atoms with E-state index in [0.717, 1.165) is 43.0 Å². The first-order valence-electron chi connectivity index (χ1n) is 8.81. The van der Waals surface area contributed by atoms with E-state index in [1.165, 1.54) is 0 Å². The summed E-state index contributed by atoms with van der Waals surface area (Å²) in [5.74, 6) is 0.395. The van der Waals surface area contributed by atoms with Gasteiger partial charge in [0.05, 0.1) is 5.92 Å². The standard InChI is InChI=1S/C20H20ClNO3/c21-17-9-10-18(16-6-2-1-5-15(16)17)25-20(24)14-4-3-11-22(12-14)19(23)13-7-8-13/h1-2,5-6,9-10,13-14H,3-4,7-8,11-12H2/t14-/m0/s1. The Labute approximate surface area is 151 Å². The van der Waals surface area contributed by atoms with Gasteiger partial charge in [-0.3, -0.25) is 9.59 Å². The maximum atomic E-state index is 12.7. The summed E-state index contributed by atoms with van der Waals surface area (Å²) in [7, 11) is 0. The van der Waals surface area contributed by atoms with Gasteiger partial charge in [-0.05, 0) is 37.8 Å². The van der Waals surface area contributed by atoms with Crippen LogP contribution in [0.4, 0.5) is 0 Å². The van der Waals surface area contributed by atoms with Crippen LogP contribution in [0.15, 0.2) is 36.4 Å². The molecule has 2 aromatic rings. The van der Waals surface area contributed by atoms with E-state index in [-0.39, 0.29) is 23.7 Å². The van der Waals surface area contributed by atoms with Gasteiger partial charge in [0, 0.05) is 34.8 Å². The number of benzene rings is 2. The molecule has 2 aromatic carbocycles. The largest absolute Gasteiger partial charge is 0.426 e.